The van der Waals surface area contributed by atoms with Crippen molar-refractivity contribution in [1.82, 2.24) is 9.62 Å². The zero-order chi connectivity index (χ0) is 14.8. The van der Waals surface area contributed by atoms with Gasteiger partial charge in [0, 0.05) is 19.7 Å². The van der Waals surface area contributed by atoms with Gasteiger partial charge in [-0.25, -0.2) is 12.7 Å². The number of hydrogen-bond acceptors (Lipinski definition) is 4. The van der Waals surface area contributed by atoms with Crippen molar-refractivity contribution in [2.24, 2.45) is 5.92 Å². The molecule has 1 saturated carbocycles. The van der Waals surface area contributed by atoms with Crippen LogP contribution in [0.4, 0.5) is 0 Å². The maximum absolute atomic E-state index is 12.6. The van der Waals surface area contributed by atoms with Crippen molar-refractivity contribution in [2.45, 2.75) is 44.0 Å². The lowest BCUT2D eigenvalue weighted by Gasteiger charge is -2.20. The van der Waals surface area contributed by atoms with E-state index in [-0.39, 0.29) is 0 Å². The second kappa shape index (κ2) is 6.28. The first-order valence-corrected chi connectivity index (χ1v) is 8.59. The number of furan rings is 1. The van der Waals surface area contributed by atoms with Crippen LogP contribution in [0.1, 0.15) is 37.2 Å². The van der Waals surface area contributed by atoms with E-state index in [9.17, 15) is 8.42 Å². The fourth-order valence-electron chi connectivity index (χ4n) is 2.86. The molecule has 1 aliphatic carbocycles. The van der Waals surface area contributed by atoms with Gasteiger partial charge in [0.1, 0.15) is 16.4 Å². The minimum Gasteiger partial charge on any atom is -0.464 e. The van der Waals surface area contributed by atoms with Gasteiger partial charge in [0.05, 0.1) is 6.54 Å². The summed E-state index contributed by atoms with van der Waals surface area (Å²) in [6.07, 6.45) is 4.70. The van der Waals surface area contributed by atoms with E-state index < -0.39 is 10.0 Å². The molecule has 1 N–H and O–H groups in total. The molecule has 0 spiro atoms. The summed E-state index contributed by atoms with van der Waals surface area (Å²) in [5.74, 6) is 1.62. The van der Waals surface area contributed by atoms with Gasteiger partial charge >= 0.3 is 0 Å². The molecule has 1 aromatic heterocycles. The molecule has 114 valence electrons. The molecule has 20 heavy (non-hydrogen) atoms. The van der Waals surface area contributed by atoms with Crippen LogP contribution in [-0.2, 0) is 16.6 Å². The molecule has 6 heteroatoms. The summed E-state index contributed by atoms with van der Waals surface area (Å²) < 4.78 is 32.2. The Kier molecular flexibility index (Phi) is 4.88. The summed E-state index contributed by atoms with van der Waals surface area (Å²) >= 11 is 0. The zero-order valence-corrected chi connectivity index (χ0v) is 13.3. The normalized spacial score (nSPS) is 17.2. The van der Waals surface area contributed by atoms with Gasteiger partial charge in [0.2, 0.25) is 10.0 Å². The second-order valence-corrected chi connectivity index (χ2v) is 7.61. The van der Waals surface area contributed by atoms with Gasteiger partial charge in [0.15, 0.2) is 0 Å². The topological polar surface area (TPSA) is 62.6 Å². The van der Waals surface area contributed by atoms with E-state index in [0.29, 0.717) is 35.4 Å². The van der Waals surface area contributed by atoms with Crippen molar-refractivity contribution < 1.29 is 12.8 Å². The van der Waals surface area contributed by atoms with Crippen molar-refractivity contribution in [3.63, 3.8) is 0 Å². The van der Waals surface area contributed by atoms with Crippen LogP contribution in [0.2, 0.25) is 0 Å². The highest BCUT2D eigenvalue weighted by molar-refractivity contribution is 7.89. The van der Waals surface area contributed by atoms with Crippen molar-refractivity contribution in [3.8, 4) is 0 Å². The number of aryl methyl sites for hydroxylation is 1. The molecule has 0 saturated heterocycles. The first kappa shape index (κ1) is 15.5. The van der Waals surface area contributed by atoms with Crippen LogP contribution in [0, 0.1) is 12.8 Å². The van der Waals surface area contributed by atoms with Gasteiger partial charge in [-0.05, 0) is 32.7 Å². The Labute approximate surface area is 121 Å². The van der Waals surface area contributed by atoms with Crippen LogP contribution in [0.25, 0.3) is 0 Å². The van der Waals surface area contributed by atoms with Gasteiger partial charge in [-0.1, -0.05) is 12.8 Å². The van der Waals surface area contributed by atoms with Crippen molar-refractivity contribution in [2.75, 3.05) is 20.6 Å². The summed E-state index contributed by atoms with van der Waals surface area (Å²) in [5, 5.41) is 2.96. The average molecular weight is 300 g/mol. The van der Waals surface area contributed by atoms with Crippen molar-refractivity contribution in [1.29, 1.82) is 0 Å². The lowest BCUT2D eigenvalue weighted by atomic mass is 10.1. The summed E-state index contributed by atoms with van der Waals surface area (Å²) in [6.45, 7) is 2.84. The maximum atomic E-state index is 12.6. The Morgan fingerprint density at radius 3 is 2.65 bits per heavy atom. The molecule has 0 atom stereocenters. The molecular weight excluding hydrogens is 276 g/mol. The molecule has 0 aromatic carbocycles. The number of sulfonamides is 1. The van der Waals surface area contributed by atoms with Crippen LogP contribution in [0.3, 0.4) is 0 Å². The molecule has 1 heterocycles. The monoisotopic (exact) mass is 300 g/mol. The first-order valence-electron chi connectivity index (χ1n) is 7.15. The van der Waals surface area contributed by atoms with E-state index in [1.165, 1.54) is 17.1 Å². The Morgan fingerprint density at radius 1 is 1.40 bits per heavy atom. The maximum Gasteiger partial charge on any atom is 0.246 e. The summed E-state index contributed by atoms with van der Waals surface area (Å²) in [6, 6.07) is 1.63. The number of hydrogen-bond donors (Lipinski definition) is 1. The summed E-state index contributed by atoms with van der Waals surface area (Å²) in [5.41, 5.74) is 0. The van der Waals surface area contributed by atoms with E-state index in [1.807, 2.05) is 0 Å². The smallest absolute Gasteiger partial charge is 0.246 e. The highest BCUT2D eigenvalue weighted by Gasteiger charge is 2.28. The lowest BCUT2D eigenvalue weighted by Crippen LogP contribution is -2.31. The minimum absolute atomic E-state index is 0.295. The van der Waals surface area contributed by atoms with Crippen LogP contribution < -0.4 is 5.32 Å². The Hall–Kier alpha value is -0.850. The predicted octanol–water partition coefficient (Wildman–Crippen LogP) is 2.12. The molecule has 5 nitrogen and oxygen atoms in total. The van der Waals surface area contributed by atoms with E-state index >= 15 is 0 Å². The Bertz CT molecular complexity index is 545. The third-order valence-electron chi connectivity index (χ3n) is 3.95. The van der Waals surface area contributed by atoms with Crippen LogP contribution in [0.5, 0.6) is 0 Å². The number of nitrogens with one attached hydrogen (secondary N) is 1. The molecule has 0 aliphatic heterocycles. The SMILES string of the molecule is CNCc1cc(S(=O)(=O)N(C)CC2CCCC2)c(C)o1. The van der Waals surface area contributed by atoms with Crippen LogP contribution >= 0.6 is 0 Å². The third-order valence-corrected chi connectivity index (χ3v) is 5.88. The molecule has 1 aromatic rings. The molecule has 0 amide bonds. The van der Waals surface area contributed by atoms with Crippen LogP contribution in [-0.4, -0.2) is 33.4 Å². The Morgan fingerprint density at radius 2 is 2.05 bits per heavy atom. The predicted molar refractivity (Wildman–Crippen MR) is 78.0 cm³/mol. The van der Waals surface area contributed by atoms with E-state index in [4.69, 9.17) is 4.42 Å². The fraction of sp³-hybridized carbons (Fsp3) is 0.714. The van der Waals surface area contributed by atoms with Gasteiger partial charge in [-0.3, -0.25) is 0 Å². The molecule has 0 bridgehead atoms. The van der Waals surface area contributed by atoms with Gasteiger partial charge in [0.25, 0.3) is 0 Å². The molecule has 0 unspecified atom stereocenters. The standard InChI is InChI=1S/C14H24N2O3S/c1-11-14(8-13(19-11)9-15-2)20(17,18)16(3)10-12-6-4-5-7-12/h8,12,15H,4-7,9-10H2,1-3H3. The van der Waals surface area contributed by atoms with Gasteiger partial charge in [-0.15, -0.1) is 0 Å². The molecule has 2 rings (SSSR count). The molecule has 1 fully saturated rings. The highest BCUT2D eigenvalue weighted by Crippen LogP contribution is 2.28. The average Bonchev–Trinajstić information content (AvgIpc) is 2.99. The van der Waals surface area contributed by atoms with Crippen molar-refractivity contribution in [3.05, 3.63) is 17.6 Å². The van der Waals surface area contributed by atoms with Crippen LogP contribution in [0.15, 0.2) is 15.4 Å². The van der Waals surface area contributed by atoms with E-state index in [0.717, 1.165) is 12.8 Å². The summed E-state index contributed by atoms with van der Waals surface area (Å²) in [4.78, 5) is 0.295. The molecular formula is C14H24N2O3S. The lowest BCUT2D eigenvalue weighted by molar-refractivity contribution is 0.386. The summed E-state index contributed by atoms with van der Waals surface area (Å²) in [7, 11) is 0.0255. The highest BCUT2D eigenvalue weighted by atomic mass is 32.2. The Balaban J connectivity index is 2.15. The van der Waals surface area contributed by atoms with E-state index in [1.54, 1.807) is 27.1 Å². The molecule has 0 radical (unpaired) electrons. The third kappa shape index (κ3) is 3.24. The second-order valence-electron chi connectivity index (χ2n) is 5.60. The molecule has 1 aliphatic rings. The van der Waals surface area contributed by atoms with Crippen molar-refractivity contribution >= 4 is 10.0 Å². The number of nitrogens with zero attached hydrogens (tertiary/aromatic N) is 1. The zero-order valence-electron chi connectivity index (χ0n) is 12.5. The van der Waals surface area contributed by atoms with Gasteiger partial charge < -0.3 is 9.73 Å². The fourth-order valence-corrected chi connectivity index (χ4v) is 4.29. The quantitative estimate of drug-likeness (QED) is 0.874. The number of rotatable bonds is 6. The largest absolute Gasteiger partial charge is 0.464 e. The minimum atomic E-state index is -3.44. The van der Waals surface area contributed by atoms with E-state index in [2.05, 4.69) is 5.32 Å². The van der Waals surface area contributed by atoms with Gasteiger partial charge in [-0.2, -0.15) is 0 Å². The first-order chi connectivity index (χ1) is 9.45.